The number of allylic oxidation sites excluding steroid dienone is 8. The molecule has 2 aromatic carbocycles. The van der Waals surface area contributed by atoms with Gasteiger partial charge in [-0.15, -0.1) is 0 Å². The predicted molar refractivity (Wildman–Crippen MR) is 239 cm³/mol. The van der Waals surface area contributed by atoms with Crippen LogP contribution in [-0.4, -0.2) is 79.9 Å². The van der Waals surface area contributed by atoms with Crippen molar-refractivity contribution in [1.82, 2.24) is 10.6 Å². The summed E-state index contributed by atoms with van der Waals surface area (Å²) in [5.41, 5.74) is 11.2. The Kier molecular flexibility index (Phi) is 16.7. The second-order valence-corrected chi connectivity index (χ2v) is 17.9. The topological polar surface area (TPSA) is 206 Å². The van der Waals surface area contributed by atoms with Gasteiger partial charge in [-0.25, -0.2) is 0 Å². The number of phenolic OH excluding ortho intramolecular Hbond substituents is 1. The van der Waals surface area contributed by atoms with E-state index < -0.39 is 47.3 Å². The van der Waals surface area contributed by atoms with Gasteiger partial charge in [0.1, 0.15) is 18.0 Å². The Balaban J connectivity index is 1.40. The van der Waals surface area contributed by atoms with Gasteiger partial charge in [-0.2, -0.15) is 0 Å². The second-order valence-electron chi connectivity index (χ2n) is 17.9. The smallest absolute Gasteiger partial charge is 0.243 e. The SMILES string of the molecule is C=C(/C=C/C=C(/CO)[C@H]1CC[C@@]2([C@H](CCCO)/C(=C(\C)C(=O)Cc3cccc4c3[C@H](NC[C@H](O)CCc3ccc(O)cc3)C(=O)N[C@@H]4N)CC[C@@]2(C)O)[C@@H]1O)CCC=C(C)C. The van der Waals surface area contributed by atoms with Crippen LogP contribution in [0.3, 0.4) is 0 Å². The van der Waals surface area contributed by atoms with Crippen LogP contribution in [0, 0.1) is 17.3 Å². The summed E-state index contributed by atoms with van der Waals surface area (Å²) >= 11 is 0. The quantitative estimate of drug-likeness (QED) is 0.0459. The molecule has 0 bridgehead atoms. The fourth-order valence-corrected chi connectivity index (χ4v) is 10.2. The highest BCUT2D eigenvalue weighted by Crippen LogP contribution is 2.63. The van der Waals surface area contributed by atoms with Crippen molar-refractivity contribution in [1.29, 1.82) is 0 Å². The first-order valence-electron chi connectivity index (χ1n) is 21.9. The number of phenols is 1. The maximum Gasteiger partial charge on any atom is 0.243 e. The minimum Gasteiger partial charge on any atom is -0.508 e. The molecule has 2 saturated carbocycles. The molecule has 10 N–H and O–H groups in total. The van der Waals surface area contributed by atoms with Gasteiger partial charge in [0.2, 0.25) is 5.91 Å². The van der Waals surface area contributed by atoms with Crippen molar-refractivity contribution in [3.8, 4) is 5.75 Å². The van der Waals surface area contributed by atoms with Gasteiger partial charge in [0.25, 0.3) is 0 Å². The molecule has 3 aliphatic rings. The number of aromatic hydroxyl groups is 1. The van der Waals surface area contributed by atoms with Crippen LogP contribution in [-0.2, 0) is 22.4 Å². The molecule has 11 heteroatoms. The van der Waals surface area contributed by atoms with E-state index in [1.165, 1.54) is 5.57 Å². The fourth-order valence-electron chi connectivity index (χ4n) is 10.2. The zero-order valence-corrected chi connectivity index (χ0v) is 36.5. The van der Waals surface area contributed by atoms with E-state index in [9.17, 15) is 40.2 Å². The molecule has 11 nitrogen and oxygen atoms in total. The Labute approximate surface area is 361 Å². The van der Waals surface area contributed by atoms with Gasteiger partial charge in [-0.3, -0.25) is 14.9 Å². The number of carbonyl (C=O) groups is 2. The molecule has 2 fully saturated rings. The van der Waals surface area contributed by atoms with Crippen LogP contribution in [0.5, 0.6) is 5.75 Å². The van der Waals surface area contributed by atoms with Gasteiger partial charge in [-0.05, 0) is 143 Å². The second kappa shape index (κ2) is 21.3. The van der Waals surface area contributed by atoms with Crippen LogP contribution < -0.4 is 16.4 Å². The van der Waals surface area contributed by atoms with Crippen LogP contribution in [0.2, 0.25) is 0 Å². The number of aliphatic hydroxyl groups is 5. The maximum atomic E-state index is 14.5. The number of benzene rings is 2. The van der Waals surface area contributed by atoms with Gasteiger partial charge < -0.3 is 41.7 Å². The molecule has 8 atom stereocenters. The zero-order chi connectivity index (χ0) is 44.5. The first-order valence-corrected chi connectivity index (χ1v) is 21.9. The van der Waals surface area contributed by atoms with Gasteiger partial charge in [-0.1, -0.05) is 77.9 Å². The van der Waals surface area contributed by atoms with Crippen molar-refractivity contribution in [3.05, 3.63) is 123 Å². The largest absolute Gasteiger partial charge is 0.508 e. The summed E-state index contributed by atoms with van der Waals surface area (Å²) in [6, 6.07) is 11.4. The van der Waals surface area contributed by atoms with Gasteiger partial charge in [0, 0.05) is 30.9 Å². The lowest BCUT2D eigenvalue weighted by molar-refractivity contribution is -0.167. The Morgan fingerprint density at radius 3 is 2.54 bits per heavy atom. The van der Waals surface area contributed by atoms with E-state index in [-0.39, 0.29) is 43.6 Å². The summed E-state index contributed by atoms with van der Waals surface area (Å²) in [5.74, 6) is -1.18. The molecule has 1 heterocycles. The number of fused-ring (bicyclic) bond motifs is 1. The Morgan fingerprint density at radius 1 is 1.11 bits per heavy atom. The summed E-state index contributed by atoms with van der Waals surface area (Å²) < 4.78 is 0. The van der Waals surface area contributed by atoms with E-state index in [0.717, 1.165) is 29.6 Å². The summed E-state index contributed by atoms with van der Waals surface area (Å²) in [6.07, 6.45) is 10.5. The monoisotopic (exact) mass is 840 g/mol. The molecule has 61 heavy (non-hydrogen) atoms. The van der Waals surface area contributed by atoms with Crippen molar-refractivity contribution in [2.24, 2.45) is 23.0 Å². The van der Waals surface area contributed by atoms with Crippen LogP contribution in [0.15, 0.2) is 101 Å². The Morgan fingerprint density at radius 2 is 1.85 bits per heavy atom. The molecule has 1 spiro atoms. The van der Waals surface area contributed by atoms with E-state index in [0.29, 0.717) is 79.2 Å². The number of aryl methyl sites for hydroxylation is 1. The Hall–Kier alpha value is -4.20. The van der Waals surface area contributed by atoms with Gasteiger partial charge in [0.05, 0.1) is 24.4 Å². The number of nitrogens with two attached hydrogens (primary N) is 1. The average molecular weight is 840 g/mol. The number of hydrogen-bond donors (Lipinski definition) is 9. The van der Waals surface area contributed by atoms with Crippen LogP contribution in [0.1, 0.15) is 120 Å². The first kappa shape index (κ1) is 47.8. The normalized spacial score (nSPS) is 27.8. The molecule has 0 radical (unpaired) electrons. The molecule has 5 rings (SSSR count). The standard InChI is InChI=1S/C50H69N3O8/c1-31(2)10-6-11-32(3)12-7-14-36(30-55)40-24-26-50(46(40)59)42(16-9-27-54)39(23-25-49(50,5)61)33(4)43(58)28-35-13-8-15-41-44(35)45(48(60)53-47(41)51)52-29-38(57)22-19-34-17-20-37(56)21-18-34/h7-8,10,12-15,17-18,20-21,38,40,42,45-47,52,54-57,59,61H,3,6,9,11,16,19,22-30,51H2,1-2,4-5H3,(H,53,60)/b12-7+,36-14-,39-33+/t38-,40-,42-,45+,46-,47+,49-,50-/m1/s1. The van der Waals surface area contributed by atoms with Crippen LogP contribution in [0.4, 0.5) is 0 Å². The molecule has 1 aliphatic heterocycles. The predicted octanol–water partition coefficient (Wildman–Crippen LogP) is 6.00. The molecule has 0 unspecified atom stereocenters. The highest BCUT2D eigenvalue weighted by Gasteiger charge is 2.64. The number of Topliss-reactive ketones (excluding diaryl/α,β-unsaturated/α-hetero) is 1. The minimum absolute atomic E-state index is 0.0231. The number of carbonyl (C=O) groups excluding carboxylic acids is 2. The molecule has 332 valence electrons. The molecule has 0 saturated heterocycles. The number of hydrogen-bond acceptors (Lipinski definition) is 10. The summed E-state index contributed by atoms with van der Waals surface area (Å²) in [7, 11) is 0. The third-order valence-electron chi connectivity index (χ3n) is 13.6. The van der Waals surface area contributed by atoms with E-state index in [1.54, 1.807) is 38.1 Å². The fraction of sp³-hybridized carbons (Fsp3) is 0.520. The maximum absolute atomic E-state index is 14.5. The lowest BCUT2D eigenvalue weighted by Gasteiger charge is -2.55. The molecule has 1 amide bonds. The van der Waals surface area contributed by atoms with Crippen molar-refractivity contribution in [3.63, 3.8) is 0 Å². The number of amides is 1. The third-order valence-corrected chi connectivity index (χ3v) is 13.6. The third kappa shape index (κ3) is 11.1. The van der Waals surface area contributed by atoms with E-state index in [1.807, 2.05) is 36.4 Å². The van der Waals surface area contributed by atoms with Crippen molar-refractivity contribution < 1.29 is 40.2 Å². The summed E-state index contributed by atoms with van der Waals surface area (Å²) in [4.78, 5) is 28.0. The van der Waals surface area contributed by atoms with Crippen molar-refractivity contribution in [2.45, 2.75) is 128 Å². The van der Waals surface area contributed by atoms with Gasteiger partial charge in [0.15, 0.2) is 5.78 Å². The number of rotatable bonds is 19. The molecular weight excluding hydrogens is 771 g/mol. The molecular formula is C50H69N3O8. The summed E-state index contributed by atoms with van der Waals surface area (Å²) in [6.45, 7) is 11.6. The highest BCUT2D eigenvalue weighted by molar-refractivity contribution is 5.98. The van der Waals surface area contributed by atoms with Gasteiger partial charge >= 0.3 is 0 Å². The number of aliphatic hydroxyl groups excluding tert-OH is 4. The molecule has 2 aliphatic carbocycles. The average Bonchev–Trinajstić information content (AvgIpc) is 3.56. The Bertz CT molecular complexity index is 1990. The van der Waals surface area contributed by atoms with E-state index in [2.05, 4.69) is 37.1 Å². The van der Waals surface area contributed by atoms with Crippen molar-refractivity contribution >= 4 is 11.7 Å². The van der Waals surface area contributed by atoms with Crippen molar-refractivity contribution in [2.75, 3.05) is 19.8 Å². The van der Waals surface area contributed by atoms with E-state index in [4.69, 9.17) is 5.73 Å². The minimum atomic E-state index is -1.29. The molecule has 0 aromatic heterocycles. The van der Waals surface area contributed by atoms with Crippen LogP contribution in [0.25, 0.3) is 0 Å². The van der Waals surface area contributed by atoms with E-state index >= 15 is 0 Å². The highest BCUT2D eigenvalue weighted by atomic mass is 16.3. The number of ketones is 1. The lowest BCUT2D eigenvalue weighted by atomic mass is 9.52. The first-order chi connectivity index (χ1) is 29.0. The summed E-state index contributed by atoms with van der Waals surface area (Å²) in [5, 5.41) is 71.8. The zero-order valence-electron chi connectivity index (χ0n) is 36.5. The lowest BCUT2D eigenvalue weighted by Crippen LogP contribution is -2.59. The number of nitrogens with one attached hydrogen (secondary N) is 2. The van der Waals surface area contributed by atoms with Crippen LogP contribution >= 0.6 is 0 Å². The molecule has 2 aromatic rings.